The number of carbonyl (C=O) groups excluding carboxylic acids is 1. The van der Waals surface area contributed by atoms with Crippen molar-refractivity contribution in [2.45, 2.75) is 26.8 Å². The van der Waals surface area contributed by atoms with Crippen LogP contribution in [0.5, 0.6) is 11.5 Å². The fourth-order valence-corrected chi connectivity index (χ4v) is 3.82. The molecule has 2 aliphatic heterocycles. The minimum absolute atomic E-state index is 0.316. The fraction of sp³-hybridized carbons (Fsp3) is 0.368. The molecule has 6 nitrogen and oxygen atoms in total. The number of ether oxygens (including phenoxy) is 3. The van der Waals surface area contributed by atoms with E-state index in [1.54, 1.807) is 14.0 Å². The van der Waals surface area contributed by atoms with Gasteiger partial charge in [0.05, 0.1) is 37.6 Å². The number of allylic oxidation sites excluding steroid dienone is 1. The number of hydrogen-bond donors (Lipinski definition) is 0. The van der Waals surface area contributed by atoms with Crippen LogP contribution in [0.15, 0.2) is 46.1 Å². The Morgan fingerprint density at radius 1 is 1.27 bits per heavy atom. The van der Waals surface area contributed by atoms with E-state index in [-0.39, 0.29) is 12.0 Å². The SMILES string of the molecule is CCOC(=O)C1=C(C)N=C2SC=CN2[C@H]1c1ccc(OCC)c(OC)c1. The molecule has 26 heavy (non-hydrogen) atoms. The van der Waals surface area contributed by atoms with Crippen molar-refractivity contribution in [3.63, 3.8) is 0 Å². The maximum absolute atomic E-state index is 12.6. The molecule has 1 atom stereocenters. The summed E-state index contributed by atoms with van der Waals surface area (Å²) in [5, 5.41) is 2.80. The molecule has 2 heterocycles. The van der Waals surface area contributed by atoms with Crippen molar-refractivity contribution in [2.75, 3.05) is 20.3 Å². The van der Waals surface area contributed by atoms with Crippen LogP contribution < -0.4 is 9.47 Å². The number of amidine groups is 1. The summed E-state index contributed by atoms with van der Waals surface area (Å²) in [6.07, 6.45) is 1.93. The second-order valence-electron chi connectivity index (χ2n) is 5.67. The summed E-state index contributed by atoms with van der Waals surface area (Å²) in [7, 11) is 1.61. The van der Waals surface area contributed by atoms with Crippen LogP contribution in [-0.4, -0.2) is 36.4 Å². The Kier molecular flexibility index (Phi) is 5.56. The summed E-state index contributed by atoms with van der Waals surface area (Å²) >= 11 is 1.53. The molecule has 0 radical (unpaired) electrons. The lowest BCUT2D eigenvalue weighted by molar-refractivity contribution is -0.139. The zero-order valence-corrected chi connectivity index (χ0v) is 16.1. The van der Waals surface area contributed by atoms with Gasteiger partial charge < -0.3 is 19.1 Å². The van der Waals surface area contributed by atoms with Gasteiger partial charge in [-0.05, 0) is 43.9 Å². The molecule has 3 rings (SSSR count). The van der Waals surface area contributed by atoms with Crippen LogP contribution in [0, 0.1) is 0 Å². The molecule has 138 valence electrons. The standard InChI is InChI=1S/C19H22N2O4S/c1-5-24-14-8-7-13(11-15(14)23-4)17-16(18(22)25-6-2)12(3)20-19-21(17)9-10-26-19/h7-11,17H,5-6H2,1-4H3/t17-/m0/s1. The molecule has 2 aliphatic rings. The zero-order chi connectivity index (χ0) is 18.7. The summed E-state index contributed by atoms with van der Waals surface area (Å²) in [5.74, 6) is 0.953. The third-order valence-electron chi connectivity index (χ3n) is 4.12. The lowest BCUT2D eigenvalue weighted by Gasteiger charge is -2.33. The number of aliphatic imine (C=N–C) groups is 1. The van der Waals surface area contributed by atoms with Crippen molar-refractivity contribution in [1.82, 2.24) is 4.90 Å². The Morgan fingerprint density at radius 3 is 2.77 bits per heavy atom. The highest BCUT2D eigenvalue weighted by atomic mass is 32.2. The Labute approximate surface area is 157 Å². The van der Waals surface area contributed by atoms with E-state index in [1.807, 2.05) is 48.6 Å². The number of carbonyl (C=O) groups is 1. The van der Waals surface area contributed by atoms with E-state index in [4.69, 9.17) is 14.2 Å². The van der Waals surface area contributed by atoms with Gasteiger partial charge in [-0.15, -0.1) is 0 Å². The van der Waals surface area contributed by atoms with Crippen LogP contribution in [0.1, 0.15) is 32.4 Å². The number of fused-ring (bicyclic) bond motifs is 1. The predicted molar refractivity (Wildman–Crippen MR) is 102 cm³/mol. The van der Waals surface area contributed by atoms with E-state index < -0.39 is 0 Å². The van der Waals surface area contributed by atoms with Crippen LogP contribution in [0.25, 0.3) is 0 Å². The maximum Gasteiger partial charge on any atom is 0.338 e. The monoisotopic (exact) mass is 374 g/mol. The third kappa shape index (κ3) is 3.31. The number of hydrogen-bond acceptors (Lipinski definition) is 7. The highest BCUT2D eigenvalue weighted by molar-refractivity contribution is 8.16. The van der Waals surface area contributed by atoms with Crippen LogP contribution in [0.3, 0.4) is 0 Å². The van der Waals surface area contributed by atoms with Gasteiger partial charge in [-0.1, -0.05) is 17.8 Å². The topological polar surface area (TPSA) is 60.4 Å². The molecule has 1 aromatic rings. The van der Waals surface area contributed by atoms with E-state index in [9.17, 15) is 4.79 Å². The quantitative estimate of drug-likeness (QED) is 0.705. The average molecular weight is 374 g/mol. The number of rotatable bonds is 6. The van der Waals surface area contributed by atoms with Crippen molar-refractivity contribution in [2.24, 2.45) is 4.99 Å². The lowest BCUT2D eigenvalue weighted by Crippen LogP contribution is -2.34. The first-order valence-electron chi connectivity index (χ1n) is 8.49. The van der Waals surface area contributed by atoms with E-state index in [0.29, 0.717) is 36.0 Å². The van der Waals surface area contributed by atoms with Gasteiger partial charge in [0.1, 0.15) is 0 Å². The van der Waals surface area contributed by atoms with Crippen molar-refractivity contribution >= 4 is 22.9 Å². The summed E-state index contributed by atoms with van der Waals surface area (Å²) in [6, 6.07) is 5.40. The molecule has 0 saturated carbocycles. The number of benzene rings is 1. The number of methoxy groups -OCH3 is 1. The number of esters is 1. The third-order valence-corrected chi connectivity index (χ3v) is 4.89. The summed E-state index contributed by atoms with van der Waals surface area (Å²) in [4.78, 5) is 19.2. The second-order valence-corrected chi connectivity index (χ2v) is 6.54. The Bertz CT molecular complexity index is 801. The molecule has 0 aliphatic carbocycles. The average Bonchev–Trinajstić information content (AvgIpc) is 3.09. The minimum atomic E-state index is -0.351. The molecule has 0 unspecified atom stereocenters. The molecule has 0 aromatic heterocycles. The van der Waals surface area contributed by atoms with E-state index >= 15 is 0 Å². The van der Waals surface area contributed by atoms with Crippen molar-refractivity contribution < 1.29 is 19.0 Å². The highest BCUT2D eigenvalue weighted by Gasteiger charge is 2.37. The first kappa shape index (κ1) is 18.4. The van der Waals surface area contributed by atoms with Gasteiger partial charge >= 0.3 is 5.97 Å². The van der Waals surface area contributed by atoms with Crippen LogP contribution in [0.2, 0.25) is 0 Å². The van der Waals surface area contributed by atoms with Crippen LogP contribution in [-0.2, 0) is 9.53 Å². The minimum Gasteiger partial charge on any atom is -0.493 e. The summed E-state index contributed by atoms with van der Waals surface area (Å²) in [6.45, 7) is 6.43. The van der Waals surface area contributed by atoms with E-state index in [1.165, 1.54) is 11.8 Å². The first-order valence-corrected chi connectivity index (χ1v) is 9.37. The van der Waals surface area contributed by atoms with Crippen molar-refractivity contribution in [1.29, 1.82) is 0 Å². The summed E-state index contributed by atoms with van der Waals surface area (Å²) in [5.41, 5.74) is 2.12. The molecule has 7 heteroatoms. The molecule has 0 amide bonds. The Morgan fingerprint density at radius 2 is 2.08 bits per heavy atom. The molecule has 0 N–H and O–H groups in total. The predicted octanol–water partition coefficient (Wildman–Crippen LogP) is 3.86. The molecule has 1 aromatic carbocycles. The molecule has 0 spiro atoms. The molecular weight excluding hydrogens is 352 g/mol. The number of nitrogens with zero attached hydrogens (tertiary/aromatic N) is 2. The number of thioether (sulfide) groups is 1. The summed E-state index contributed by atoms with van der Waals surface area (Å²) < 4.78 is 16.4. The smallest absolute Gasteiger partial charge is 0.338 e. The highest BCUT2D eigenvalue weighted by Crippen LogP contribution is 2.43. The van der Waals surface area contributed by atoms with E-state index in [0.717, 1.165) is 10.7 Å². The van der Waals surface area contributed by atoms with Gasteiger partial charge in [0.15, 0.2) is 16.7 Å². The normalized spacial score (nSPS) is 18.5. The van der Waals surface area contributed by atoms with Crippen molar-refractivity contribution in [3.8, 4) is 11.5 Å². The van der Waals surface area contributed by atoms with Crippen LogP contribution in [0.4, 0.5) is 0 Å². The Hall–Kier alpha value is -2.41. The van der Waals surface area contributed by atoms with Gasteiger partial charge in [0.25, 0.3) is 0 Å². The first-order chi connectivity index (χ1) is 12.6. The molecule has 0 fully saturated rings. The van der Waals surface area contributed by atoms with E-state index in [2.05, 4.69) is 4.99 Å². The Balaban J connectivity index is 2.09. The largest absolute Gasteiger partial charge is 0.493 e. The lowest BCUT2D eigenvalue weighted by atomic mass is 9.94. The fourth-order valence-electron chi connectivity index (χ4n) is 3.03. The second kappa shape index (κ2) is 7.86. The van der Waals surface area contributed by atoms with Crippen molar-refractivity contribution in [3.05, 3.63) is 46.6 Å². The van der Waals surface area contributed by atoms with Gasteiger partial charge in [-0.3, -0.25) is 0 Å². The molecular formula is C19H22N2O4S. The molecule has 0 bridgehead atoms. The van der Waals surface area contributed by atoms with Gasteiger partial charge in [-0.2, -0.15) is 0 Å². The van der Waals surface area contributed by atoms with Crippen LogP contribution >= 0.6 is 11.8 Å². The zero-order valence-electron chi connectivity index (χ0n) is 15.3. The van der Waals surface area contributed by atoms with Gasteiger partial charge in [0.2, 0.25) is 0 Å². The van der Waals surface area contributed by atoms with Gasteiger partial charge in [-0.25, -0.2) is 9.79 Å². The molecule has 0 saturated heterocycles. The van der Waals surface area contributed by atoms with Gasteiger partial charge in [0, 0.05) is 6.20 Å². The maximum atomic E-state index is 12.6.